The van der Waals surface area contributed by atoms with Crippen molar-refractivity contribution < 1.29 is 32.3 Å². The van der Waals surface area contributed by atoms with Crippen molar-refractivity contribution in [2.45, 2.75) is 63.5 Å². The second-order valence-corrected chi connectivity index (χ2v) is 13.8. The molecule has 42 heavy (non-hydrogen) atoms. The lowest BCUT2D eigenvalue weighted by atomic mass is 9.92. The number of hydrogen-bond donors (Lipinski definition) is 0. The number of fused-ring (bicyclic) bond motifs is 1. The van der Waals surface area contributed by atoms with E-state index in [9.17, 15) is 22.8 Å². The van der Waals surface area contributed by atoms with E-state index in [0.29, 0.717) is 49.6 Å². The number of nitrogens with zero attached hydrogens (tertiary/aromatic N) is 3. The molecule has 2 aliphatic heterocycles. The molecule has 1 saturated heterocycles. The summed E-state index contributed by atoms with van der Waals surface area (Å²) in [6, 6.07) is 13.3. The third-order valence-corrected chi connectivity index (χ3v) is 9.49. The van der Waals surface area contributed by atoms with E-state index in [4.69, 9.17) is 9.47 Å². The Bertz CT molecular complexity index is 1380. The van der Waals surface area contributed by atoms with Gasteiger partial charge in [-0.25, -0.2) is 13.2 Å². The van der Waals surface area contributed by atoms with Crippen LogP contribution in [-0.2, 0) is 37.3 Å². The van der Waals surface area contributed by atoms with Crippen LogP contribution < -0.4 is 0 Å². The molecule has 1 fully saturated rings. The van der Waals surface area contributed by atoms with Crippen molar-refractivity contribution in [3.63, 3.8) is 0 Å². The lowest BCUT2D eigenvalue weighted by Crippen LogP contribution is -2.43. The average Bonchev–Trinajstić information content (AvgIpc) is 2.96. The van der Waals surface area contributed by atoms with Crippen LogP contribution in [0.5, 0.6) is 0 Å². The summed E-state index contributed by atoms with van der Waals surface area (Å²) >= 11 is 0. The third kappa shape index (κ3) is 7.89. The molecule has 11 heteroatoms. The van der Waals surface area contributed by atoms with E-state index < -0.39 is 28.1 Å². The summed E-state index contributed by atoms with van der Waals surface area (Å²) in [5.74, 6) is -0.251. The van der Waals surface area contributed by atoms with Crippen LogP contribution in [0, 0.1) is 5.92 Å². The SMILES string of the molecule is COC(=O)CN(Cc1ccc2c(c1)CCN(CCC1CCN(C(=O)OC(C)(C)C)CC1)C2=O)S(=O)(=O)c1ccccc1. The monoisotopic (exact) mass is 599 g/mol. The lowest BCUT2D eigenvalue weighted by molar-refractivity contribution is -0.140. The number of amides is 2. The Labute approximate surface area is 248 Å². The fraction of sp³-hybridized carbons (Fsp3) is 0.516. The van der Waals surface area contributed by atoms with Crippen molar-refractivity contribution in [3.8, 4) is 0 Å². The highest BCUT2D eigenvalue weighted by atomic mass is 32.2. The largest absolute Gasteiger partial charge is 0.468 e. The van der Waals surface area contributed by atoms with Crippen molar-refractivity contribution in [2.24, 2.45) is 5.92 Å². The first-order valence-electron chi connectivity index (χ1n) is 14.4. The number of piperidine rings is 1. The normalized spacial score (nSPS) is 16.4. The predicted octanol–water partition coefficient (Wildman–Crippen LogP) is 4.09. The minimum atomic E-state index is -3.95. The molecule has 2 aromatic carbocycles. The van der Waals surface area contributed by atoms with E-state index >= 15 is 0 Å². The molecule has 2 aromatic rings. The van der Waals surface area contributed by atoms with E-state index in [0.717, 1.165) is 29.1 Å². The van der Waals surface area contributed by atoms with Crippen molar-refractivity contribution in [1.29, 1.82) is 0 Å². The highest BCUT2D eigenvalue weighted by Gasteiger charge is 2.31. The van der Waals surface area contributed by atoms with Crippen molar-refractivity contribution in [1.82, 2.24) is 14.1 Å². The Morgan fingerprint density at radius 1 is 1.02 bits per heavy atom. The number of ether oxygens (including phenoxy) is 2. The summed E-state index contributed by atoms with van der Waals surface area (Å²) in [4.78, 5) is 41.5. The van der Waals surface area contributed by atoms with Gasteiger partial charge in [0, 0.05) is 38.3 Å². The summed E-state index contributed by atoms with van der Waals surface area (Å²) in [5.41, 5.74) is 1.67. The molecule has 0 unspecified atom stereocenters. The summed E-state index contributed by atoms with van der Waals surface area (Å²) in [6.07, 6.45) is 3.04. The van der Waals surface area contributed by atoms with Gasteiger partial charge in [-0.05, 0) is 81.7 Å². The molecule has 2 heterocycles. The van der Waals surface area contributed by atoms with Crippen LogP contribution in [0.4, 0.5) is 4.79 Å². The molecule has 0 bridgehead atoms. The number of esters is 1. The summed E-state index contributed by atoms with van der Waals surface area (Å²) in [5, 5.41) is 0. The molecule has 4 rings (SSSR count). The van der Waals surface area contributed by atoms with Gasteiger partial charge in [0.05, 0.1) is 12.0 Å². The molecule has 0 atom stereocenters. The van der Waals surface area contributed by atoms with E-state index in [1.807, 2.05) is 31.7 Å². The Hall–Kier alpha value is -3.44. The zero-order valence-corrected chi connectivity index (χ0v) is 25.7. The topological polar surface area (TPSA) is 114 Å². The van der Waals surface area contributed by atoms with Gasteiger partial charge in [-0.15, -0.1) is 0 Å². The first kappa shape index (κ1) is 31.5. The second kappa shape index (κ2) is 13.2. The molecule has 0 N–H and O–H groups in total. The van der Waals surface area contributed by atoms with Crippen molar-refractivity contribution >= 4 is 28.0 Å². The van der Waals surface area contributed by atoms with E-state index in [2.05, 4.69) is 0 Å². The van der Waals surface area contributed by atoms with Gasteiger partial charge >= 0.3 is 12.1 Å². The molecule has 10 nitrogen and oxygen atoms in total. The Morgan fingerprint density at radius 2 is 1.71 bits per heavy atom. The zero-order chi connectivity index (χ0) is 30.5. The number of benzene rings is 2. The maximum absolute atomic E-state index is 13.3. The molecule has 0 saturated carbocycles. The molecular formula is C31H41N3O7S. The van der Waals surface area contributed by atoms with Crippen LogP contribution in [0.1, 0.15) is 61.5 Å². The number of likely N-dealkylation sites (tertiary alicyclic amines) is 1. The van der Waals surface area contributed by atoms with Gasteiger partial charge in [0.25, 0.3) is 5.91 Å². The summed E-state index contributed by atoms with van der Waals surface area (Å²) < 4.78 is 38.0. The van der Waals surface area contributed by atoms with Crippen molar-refractivity contribution in [3.05, 3.63) is 65.2 Å². The van der Waals surface area contributed by atoms with Crippen LogP contribution in [-0.4, -0.2) is 85.9 Å². The second-order valence-electron chi connectivity index (χ2n) is 11.9. The number of rotatable bonds is 9. The smallest absolute Gasteiger partial charge is 0.410 e. The highest BCUT2D eigenvalue weighted by Crippen LogP contribution is 2.26. The Balaban J connectivity index is 1.36. The molecule has 2 amide bonds. The molecular weight excluding hydrogens is 558 g/mol. The zero-order valence-electron chi connectivity index (χ0n) is 24.9. The van der Waals surface area contributed by atoms with Crippen LogP contribution >= 0.6 is 0 Å². The average molecular weight is 600 g/mol. The van der Waals surface area contributed by atoms with Gasteiger partial charge in [0.15, 0.2) is 0 Å². The van der Waals surface area contributed by atoms with Gasteiger partial charge < -0.3 is 19.3 Å². The maximum atomic E-state index is 13.3. The quantitative estimate of drug-likeness (QED) is 0.399. The molecule has 0 spiro atoms. The van der Waals surface area contributed by atoms with E-state index in [-0.39, 0.29) is 23.4 Å². The summed E-state index contributed by atoms with van der Waals surface area (Å²) in [7, 11) is -2.73. The Morgan fingerprint density at radius 3 is 2.36 bits per heavy atom. The molecule has 2 aliphatic rings. The van der Waals surface area contributed by atoms with Crippen LogP contribution in [0.3, 0.4) is 0 Å². The summed E-state index contributed by atoms with van der Waals surface area (Å²) in [6.45, 7) is 7.69. The highest BCUT2D eigenvalue weighted by molar-refractivity contribution is 7.89. The lowest BCUT2D eigenvalue weighted by Gasteiger charge is -2.35. The van der Waals surface area contributed by atoms with Gasteiger partial charge in [-0.2, -0.15) is 4.31 Å². The molecule has 0 aliphatic carbocycles. The van der Waals surface area contributed by atoms with Crippen LogP contribution in [0.15, 0.2) is 53.4 Å². The number of carbonyl (C=O) groups is 3. The Kier molecular flexibility index (Phi) is 9.93. The van der Waals surface area contributed by atoms with Gasteiger partial charge in [-0.1, -0.05) is 30.3 Å². The first-order chi connectivity index (χ1) is 19.9. The van der Waals surface area contributed by atoms with Crippen LogP contribution in [0.2, 0.25) is 0 Å². The van der Waals surface area contributed by atoms with Crippen molar-refractivity contribution in [2.75, 3.05) is 39.8 Å². The van der Waals surface area contributed by atoms with Gasteiger partial charge in [-0.3, -0.25) is 9.59 Å². The number of carbonyl (C=O) groups excluding carboxylic acids is 3. The maximum Gasteiger partial charge on any atom is 0.410 e. The number of methoxy groups -OCH3 is 1. The molecule has 0 aromatic heterocycles. The fourth-order valence-corrected chi connectivity index (χ4v) is 6.74. The first-order valence-corrected chi connectivity index (χ1v) is 15.8. The van der Waals surface area contributed by atoms with Gasteiger partial charge in [0.2, 0.25) is 10.0 Å². The minimum absolute atomic E-state index is 0.0283. The van der Waals surface area contributed by atoms with E-state index in [1.165, 1.54) is 19.2 Å². The standard InChI is InChI=1S/C31H41N3O7S/c1-31(2,3)41-30(37)33-17-13-23(14-18-33)12-16-32-19-15-25-20-24(10-11-27(25)29(32)36)21-34(22-28(35)40-4)42(38,39)26-8-6-5-7-9-26/h5-11,20,23H,12-19,21-22H2,1-4H3. The number of hydrogen-bond acceptors (Lipinski definition) is 7. The van der Waals surface area contributed by atoms with Gasteiger partial charge in [0.1, 0.15) is 12.1 Å². The fourth-order valence-electron chi connectivity index (χ4n) is 5.35. The van der Waals surface area contributed by atoms with E-state index in [1.54, 1.807) is 35.2 Å². The van der Waals surface area contributed by atoms with Crippen LogP contribution in [0.25, 0.3) is 0 Å². The minimum Gasteiger partial charge on any atom is -0.468 e. The molecule has 0 radical (unpaired) electrons. The third-order valence-electron chi connectivity index (χ3n) is 7.68. The molecule has 228 valence electrons. The number of sulfonamides is 1. The predicted molar refractivity (Wildman–Crippen MR) is 157 cm³/mol.